The van der Waals surface area contributed by atoms with Crippen LogP contribution in [0.25, 0.3) is 11.0 Å². The Morgan fingerprint density at radius 1 is 1.45 bits per heavy atom. The lowest BCUT2D eigenvalue weighted by Crippen LogP contribution is -2.15. The summed E-state index contributed by atoms with van der Waals surface area (Å²) in [6, 6.07) is 5.19. The van der Waals surface area contributed by atoms with Crippen molar-refractivity contribution in [3.8, 4) is 0 Å². The molecule has 0 unspecified atom stereocenters. The zero-order chi connectivity index (χ0) is 14.3. The summed E-state index contributed by atoms with van der Waals surface area (Å²) in [5, 5.41) is 18.5. The van der Waals surface area contributed by atoms with Crippen molar-refractivity contribution < 1.29 is 15.0 Å². The van der Waals surface area contributed by atoms with Gasteiger partial charge in [-0.3, -0.25) is 0 Å². The summed E-state index contributed by atoms with van der Waals surface area (Å²) in [4.78, 5) is 15.9. The molecule has 3 rings (SSSR count). The maximum absolute atomic E-state index is 11.4. The first kappa shape index (κ1) is 13.1. The van der Waals surface area contributed by atoms with E-state index in [2.05, 4.69) is 4.98 Å². The minimum absolute atomic E-state index is 0.124. The summed E-state index contributed by atoms with van der Waals surface area (Å²) in [6.45, 7) is 2.82. The number of para-hydroxylation sites is 1. The Morgan fingerprint density at radius 2 is 2.20 bits per heavy atom. The average Bonchev–Trinajstić information content (AvgIpc) is 3.08. The molecule has 1 aromatic carbocycles. The Labute approximate surface area is 116 Å². The van der Waals surface area contributed by atoms with Gasteiger partial charge in [-0.25, -0.2) is 9.78 Å². The highest BCUT2D eigenvalue weighted by Gasteiger charge is 2.42. The first-order valence-electron chi connectivity index (χ1n) is 6.86. The second-order valence-corrected chi connectivity index (χ2v) is 5.70. The highest BCUT2D eigenvalue weighted by Crippen LogP contribution is 2.50. The van der Waals surface area contributed by atoms with Crippen LogP contribution in [-0.2, 0) is 6.54 Å². The summed E-state index contributed by atoms with van der Waals surface area (Å²) in [6.07, 6.45) is 2.94. The highest BCUT2D eigenvalue weighted by atomic mass is 16.4. The molecular weight excluding hydrogens is 256 g/mol. The first-order valence-corrected chi connectivity index (χ1v) is 6.86. The number of carbonyl (C=O) groups is 1. The lowest BCUT2D eigenvalue weighted by molar-refractivity contribution is 0.0698. The molecule has 0 aliphatic heterocycles. The third kappa shape index (κ3) is 2.08. The molecule has 1 aliphatic rings. The van der Waals surface area contributed by atoms with Crippen molar-refractivity contribution in [2.24, 2.45) is 5.41 Å². The molecule has 5 nitrogen and oxygen atoms in total. The van der Waals surface area contributed by atoms with Gasteiger partial charge in [0.2, 0.25) is 0 Å². The summed E-state index contributed by atoms with van der Waals surface area (Å²) in [5.74, 6) is -0.0957. The van der Waals surface area contributed by atoms with Crippen LogP contribution in [0.5, 0.6) is 0 Å². The highest BCUT2D eigenvalue weighted by molar-refractivity contribution is 6.01. The zero-order valence-electron chi connectivity index (χ0n) is 11.5. The van der Waals surface area contributed by atoms with E-state index in [0.29, 0.717) is 11.1 Å². The summed E-state index contributed by atoms with van der Waals surface area (Å²) < 4.78 is 2.00. The summed E-state index contributed by atoms with van der Waals surface area (Å²) >= 11 is 0. The quantitative estimate of drug-likeness (QED) is 0.876. The first-order chi connectivity index (χ1) is 9.56. The van der Waals surface area contributed by atoms with Gasteiger partial charge in [0.15, 0.2) is 0 Å². The van der Waals surface area contributed by atoms with Crippen molar-refractivity contribution >= 4 is 17.0 Å². The second kappa shape index (κ2) is 4.59. The Hall–Kier alpha value is -1.88. The molecule has 0 atom stereocenters. The number of benzene rings is 1. The fraction of sp³-hybridized carbons (Fsp3) is 0.467. The number of aliphatic hydroxyl groups excluding tert-OH is 1. The van der Waals surface area contributed by atoms with E-state index in [-0.39, 0.29) is 12.0 Å². The predicted molar refractivity (Wildman–Crippen MR) is 74.8 cm³/mol. The molecule has 2 aromatic rings. The number of aromatic carboxylic acids is 1. The van der Waals surface area contributed by atoms with E-state index in [9.17, 15) is 15.0 Å². The minimum atomic E-state index is -0.927. The molecule has 1 aromatic heterocycles. The van der Waals surface area contributed by atoms with Crippen LogP contribution >= 0.6 is 0 Å². The van der Waals surface area contributed by atoms with E-state index in [1.165, 1.54) is 0 Å². The van der Waals surface area contributed by atoms with Gasteiger partial charge in [-0.2, -0.15) is 0 Å². The van der Waals surface area contributed by atoms with Gasteiger partial charge in [-0.1, -0.05) is 6.07 Å². The Balaban J connectivity index is 2.10. The van der Waals surface area contributed by atoms with Crippen LogP contribution in [0.3, 0.4) is 0 Å². The number of hydrogen-bond donors (Lipinski definition) is 2. The van der Waals surface area contributed by atoms with Crippen molar-refractivity contribution in [2.75, 3.05) is 6.61 Å². The molecule has 0 spiro atoms. The Morgan fingerprint density at radius 3 is 2.80 bits per heavy atom. The molecule has 1 saturated carbocycles. The number of aryl methyl sites for hydroxylation is 1. The normalized spacial score (nSPS) is 16.5. The average molecular weight is 274 g/mol. The van der Waals surface area contributed by atoms with E-state index in [0.717, 1.165) is 37.1 Å². The molecular formula is C15H18N2O3. The van der Waals surface area contributed by atoms with Gasteiger partial charge in [-0.15, -0.1) is 0 Å². The molecule has 1 aliphatic carbocycles. The van der Waals surface area contributed by atoms with E-state index >= 15 is 0 Å². The van der Waals surface area contributed by atoms with Gasteiger partial charge in [-0.05, 0) is 43.7 Å². The van der Waals surface area contributed by atoms with Crippen LogP contribution in [0.15, 0.2) is 18.2 Å². The monoisotopic (exact) mass is 274 g/mol. The van der Waals surface area contributed by atoms with Crippen molar-refractivity contribution in [2.45, 2.75) is 32.7 Å². The lowest BCUT2D eigenvalue weighted by atomic mass is 10.0. The van der Waals surface area contributed by atoms with Crippen molar-refractivity contribution in [1.82, 2.24) is 9.55 Å². The number of carboxylic acid groups (broad SMARTS) is 1. The van der Waals surface area contributed by atoms with Crippen molar-refractivity contribution in [1.29, 1.82) is 0 Å². The van der Waals surface area contributed by atoms with Crippen LogP contribution in [0.4, 0.5) is 0 Å². The smallest absolute Gasteiger partial charge is 0.337 e. The number of imidazole rings is 1. The van der Waals surface area contributed by atoms with E-state index < -0.39 is 5.97 Å². The van der Waals surface area contributed by atoms with Crippen LogP contribution in [0.1, 0.15) is 35.4 Å². The molecule has 0 amide bonds. The standard InChI is InChI=1S/C15H18N2O3/c1-10-16-12-4-2-3-11(14(19)20)13(12)17(10)9-15(5-6-15)7-8-18/h2-4,18H,5-9H2,1H3,(H,19,20). The molecule has 0 bridgehead atoms. The fourth-order valence-corrected chi connectivity index (χ4v) is 2.90. The fourth-order valence-electron chi connectivity index (χ4n) is 2.90. The van der Waals surface area contributed by atoms with Gasteiger partial charge in [0.1, 0.15) is 5.82 Å². The van der Waals surface area contributed by atoms with Gasteiger partial charge in [0.25, 0.3) is 0 Å². The lowest BCUT2D eigenvalue weighted by Gasteiger charge is -2.17. The third-order valence-electron chi connectivity index (χ3n) is 4.28. The van der Waals surface area contributed by atoms with Gasteiger partial charge >= 0.3 is 5.97 Å². The maximum Gasteiger partial charge on any atom is 0.337 e. The van der Waals surface area contributed by atoms with E-state index in [4.69, 9.17) is 0 Å². The van der Waals surface area contributed by atoms with Crippen molar-refractivity contribution in [3.63, 3.8) is 0 Å². The number of nitrogens with zero attached hydrogens (tertiary/aromatic N) is 2. The van der Waals surface area contributed by atoms with Gasteiger partial charge in [0, 0.05) is 13.2 Å². The molecule has 106 valence electrons. The Kier molecular flexibility index (Phi) is 3.01. The van der Waals surface area contributed by atoms with Crippen LogP contribution < -0.4 is 0 Å². The van der Waals surface area contributed by atoms with Crippen molar-refractivity contribution in [3.05, 3.63) is 29.6 Å². The Bertz CT molecular complexity index is 671. The predicted octanol–water partition coefficient (Wildman–Crippen LogP) is 2.21. The molecule has 1 fully saturated rings. The van der Waals surface area contributed by atoms with Gasteiger partial charge in [0.05, 0.1) is 16.6 Å². The summed E-state index contributed by atoms with van der Waals surface area (Å²) in [7, 11) is 0. The number of hydrogen-bond acceptors (Lipinski definition) is 3. The van der Waals surface area contributed by atoms with Crippen LogP contribution in [-0.4, -0.2) is 32.3 Å². The van der Waals surface area contributed by atoms with Crippen LogP contribution in [0.2, 0.25) is 0 Å². The molecule has 0 saturated heterocycles. The van der Waals surface area contributed by atoms with Gasteiger partial charge < -0.3 is 14.8 Å². The molecule has 5 heteroatoms. The minimum Gasteiger partial charge on any atom is -0.478 e. The van der Waals surface area contributed by atoms with Crippen LogP contribution in [0, 0.1) is 12.3 Å². The topological polar surface area (TPSA) is 75.3 Å². The number of aromatic nitrogens is 2. The molecule has 2 N–H and O–H groups in total. The second-order valence-electron chi connectivity index (χ2n) is 5.70. The summed E-state index contributed by atoms with van der Waals surface area (Å²) in [5.41, 5.74) is 1.84. The number of aliphatic hydroxyl groups is 1. The third-order valence-corrected chi connectivity index (χ3v) is 4.28. The largest absolute Gasteiger partial charge is 0.478 e. The van der Waals surface area contributed by atoms with E-state index in [1.54, 1.807) is 12.1 Å². The SMILES string of the molecule is Cc1nc2cccc(C(=O)O)c2n1CC1(CCO)CC1. The molecule has 20 heavy (non-hydrogen) atoms. The maximum atomic E-state index is 11.4. The number of rotatable bonds is 5. The number of carboxylic acids is 1. The molecule has 0 radical (unpaired) electrons. The number of fused-ring (bicyclic) bond motifs is 1. The zero-order valence-corrected chi connectivity index (χ0v) is 11.5. The van der Waals surface area contributed by atoms with E-state index in [1.807, 2.05) is 17.6 Å². The molecule has 1 heterocycles.